The van der Waals surface area contributed by atoms with Crippen molar-refractivity contribution in [2.45, 2.75) is 6.92 Å². The molecule has 1 aromatic carbocycles. The summed E-state index contributed by atoms with van der Waals surface area (Å²) in [6.07, 6.45) is 1.74. The van der Waals surface area contributed by atoms with Crippen LogP contribution in [-0.4, -0.2) is 14.8 Å². The quantitative estimate of drug-likeness (QED) is 0.784. The Morgan fingerprint density at radius 1 is 1.15 bits per heavy atom. The molecule has 0 radical (unpaired) electrons. The monoisotopic (exact) mass is 284 g/mol. The van der Waals surface area contributed by atoms with E-state index in [1.807, 2.05) is 43.3 Å². The van der Waals surface area contributed by atoms with Crippen molar-refractivity contribution < 1.29 is 0 Å². The summed E-state index contributed by atoms with van der Waals surface area (Å²) in [5, 5.41) is 5.14. The predicted octanol–water partition coefficient (Wildman–Crippen LogP) is 3.48. The van der Waals surface area contributed by atoms with E-state index in [1.54, 1.807) is 16.9 Å². The Bertz CT molecular complexity index is 764. The van der Waals surface area contributed by atoms with Gasteiger partial charge in [-0.15, -0.1) is 0 Å². The van der Waals surface area contributed by atoms with Gasteiger partial charge in [0, 0.05) is 17.8 Å². The maximum absolute atomic E-state index is 6.19. The Balaban J connectivity index is 2.10. The van der Waals surface area contributed by atoms with Crippen LogP contribution < -0.4 is 5.73 Å². The maximum Gasteiger partial charge on any atom is 0.155 e. The lowest BCUT2D eigenvalue weighted by molar-refractivity contribution is 0.858. The molecule has 0 bridgehead atoms. The second-order valence-corrected chi connectivity index (χ2v) is 4.94. The van der Waals surface area contributed by atoms with Crippen LogP contribution in [0.15, 0.2) is 48.7 Å². The zero-order chi connectivity index (χ0) is 14.1. The summed E-state index contributed by atoms with van der Waals surface area (Å²) in [6, 6.07) is 13.2. The number of aryl methyl sites for hydroxylation is 1. The van der Waals surface area contributed by atoms with Gasteiger partial charge in [0.05, 0.1) is 10.7 Å². The molecule has 20 heavy (non-hydrogen) atoms. The van der Waals surface area contributed by atoms with E-state index in [-0.39, 0.29) is 0 Å². The van der Waals surface area contributed by atoms with Crippen molar-refractivity contribution in [3.05, 3.63) is 59.2 Å². The van der Waals surface area contributed by atoms with E-state index in [4.69, 9.17) is 17.3 Å². The van der Waals surface area contributed by atoms with Gasteiger partial charge in [0.1, 0.15) is 5.82 Å². The number of anilines is 1. The van der Waals surface area contributed by atoms with Gasteiger partial charge in [-0.05, 0) is 30.7 Å². The Labute approximate surface area is 121 Å². The first-order valence-electron chi connectivity index (χ1n) is 6.18. The highest BCUT2D eigenvalue weighted by Crippen LogP contribution is 2.28. The lowest BCUT2D eigenvalue weighted by Crippen LogP contribution is -2.03. The molecule has 0 aliphatic heterocycles. The zero-order valence-corrected chi connectivity index (χ0v) is 11.7. The van der Waals surface area contributed by atoms with Gasteiger partial charge in [-0.2, -0.15) is 9.78 Å². The molecule has 3 rings (SSSR count). The third-order valence-corrected chi connectivity index (χ3v) is 3.33. The summed E-state index contributed by atoms with van der Waals surface area (Å²) in [4.78, 5) is 4.29. The molecule has 0 unspecified atom stereocenters. The topological polar surface area (TPSA) is 56.7 Å². The molecule has 5 heteroatoms. The third-order valence-electron chi connectivity index (χ3n) is 3.00. The van der Waals surface area contributed by atoms with Gasteiger partial charge < -0.3 is 5.73 Å². The molecule has 0 aliphatic carbocycles. The molecule has 2 heterocycles. The van der Waals surface area contributed by atoms with Gasteiger partial charge in [-0.3, -0.25) is 0 Å². The van der Waals surface area contributed by atoms with Crippen molar-refractivity contribution in [3.63, 3.8) is 0 Å². The molecule has 2 N–H and O–H groups in total. The molecule has 3 aromatic rings. The molecular formula is C15H13ClN4. The minimum atomic E-state index is 0.526. The van der Waals surface area contributed by atoms with Crippen molar-refractivity contribution in [2.75, 3.05) is 5.73 Å². The summed E-state index contributed by atoms with van der Waals surface area (Å²) in [5.74, 6) is 1.22. The molecule has 4 nitrogen and oxygen atoms in total. The molecule has 0 fully saturated rings. The van der Waals surface area contributed by atoms with Crippen LogP contribution in [0.2, 0.25) is 5.02 Å². The number of nitrogens with zero attached hydrogens (tertiary/aromatic N) is 3. The van der Waals surface area contributed by atoms with Crippen molar-refractivity contribution in [3.8, 4) is 17.1 Å². The van der Waals surface area contributed by atoms with Gasteiger partial charge in [0.25, 0.3) is 0 Å². The number of hydrogen-bond donors (Lipinski definition) is 1. The lowest BCUT2D eigenvalue weighted by Gasteiger charge is -2.03. The van der Waals surface area contributed by atoms with Gasteiger partial charge in [-0.1, -0.05) is 29.8 Å². The highest BCUT2D eigenvalue weighted by Gasteiger charge is 2.11. The minimum Gasteiger partial charge on any atom is -0.384 e. The van der Waals surface area contributed by atoms with Gasteiger partial charge in [-0.25, -0.2) is 4.98 Å². The van der Waals surface area contributed by atoms with E-state index < -0.39 is 0 Å². The third kappa shape index (κ3) is 2.26. The largest absolute Gasteiger partial charge is 0.384 e. The van der Waals surface area contributed by atoms with E-state index in [9.17, 15) is 0 Å². The van der Waals surface area contributed by atoms with Gasteiger partial charge in [0.15, 0.2) is 5.82 Å². The van der Waals surface area contributed by atoms with E-state index in [0.717, 1.165) is 16.8 Å². The van der Waals surface area contributed by atoms with Crippen LogP contribution in [0.4, 0.5) is 5.82 Å². The first-order valence-corrected chi connectivity index (χ1v) is 6.56. The highest BCUT2D eigenvalue weighted by molar-refractivity contribution is 6.33. The van der Waals surface area contributed by atoms with E-state index >= 15 is 0 Å². The summed E-state index contributed by atoms with van der Waals surface area (Å²) < 4.78 is 1.62. The van der Waals surface area contributed by atoms with Crippen LogP contribution in [0.1, 0.15) is 5.56 Å². The van der Waals surface area contributed by atoms with Gasteiger partial charge in [0.2, 0.25) is 0 Å². The van der Waals surface area contributed by atoms with Gasteiger partial charge >= 0.3 is 0 Å². The number of hydrogen-bond acceptors (Lipinski definition) is 3. The van der Waals surface area contributed by atoms with Crippen LogP contribution in [0.25, 0.3) is 17.1 Å². The number of pyridine rings is 1. The second-order valence-electron chi connectivity index (χ2n) is 4.54. The van der Waals surface area contributed by atoms with Crippen LogP contribution in [-0.2, 0) is 0 Å². The molecule has 100 valence electrons. The smallest absolute Gasteiger partial charge is 0.155 e. The molecule has 0 saturated heterocycles. The number of halogens is 1. The Morgan fingerprint density at radius 3 is 2.70 bits per heavy atom. The summed E-state index contributed by atoms with van der Waals surface area (Å²) >= 11 is 6.19. The first-order chi connectivity index (χ1) is 9.65. The van der Waals surface area contributed by atoms with Crippen LogP contribution in [0.3, 0.4) is 0 Å². The fraction of sp³-hybridized carbons (Fsp3) is 0.0667. The van der Waals surface area contributed by atoms with E-state index in [2.05, 4.69) is 10.1 Å². The first kappa shape index (κ1) is 12.7. The standard InChI is InChI=1S/C15H13ClN4/c1-10-6-7-18-15(8-10)20-14(17)9-13(19-20)11-4-2-3-5-12(11)16/h2-9H,17H2,1H3. The van der Waals surface area contributed by atoms with E-state index in [0.29, 0.717) is 16.7 Å². The number of benzene rings is 1. The van der Waals surface area contributed by atoms with Crippen LogP contribution in [0.5, 0.6) is 0 Å². The Morgan fingerprint density at radius 2 is 1.95 bits per heavy atom. The normalized spacial score (nSPS) is 10.7. The zero-order valence-electron chi connectivity index (χ0n) is 10.9. The van der Waals surface area contributed by atoms with Crippen LogP contribution in [0, 0.1) is 6.92 Å². The molecule has 0 saturated carbocycles. The molecule has 0 aliphatic rings. The number of nitrogen functional groups attached to an aromatic ring is 1. The summed E-state index contributed by atoms with van der Waals surface area (Å²) in [5.41, 5.74) is 8.72. The molecular weight excluding hydrogens is 272 g/mol. The molecule has 2 aromatic heterocycles. The predicted molar refractivity (Wildman–Crippen MR) is 81.0 cm³/mol. The maximum atomic E-state index is 6.19. The van der Waals surface area contributed by atoms with Crippen LogP contribution >= 0.6 is 11.6 Å². The lowest BCUT2D eigenvalue weighted by atomic mass is 10.1. The highest BCUT2D eigenvalue weighted by atomic mass is 35.5. The molecule has 0 spiro atoms. The van der Waals surface area contributed by atoms with E-state index in [1.165, 1.54) is 0 Å². The Hall–Kier alpha value is -2.33. The average Bonchev–Trinajstić information content (AvgIpc) is 2.81. The molecule has 0 amide bonds. The summed E-state index contributed by atoms with van der Waals surface area (Å²) in [7, 11) is 0. The Kier molecular flexibility index (Phi) is 3.16. The van der Waals surface area contributed by atoms with Crippen molar-refractivity contribution in [2.24, 2.45) is 0 Å². The van der Waals surface area contributed by atoms with Crippen molar-refractivity contribution in [1.82, 2.24) is 14.8 Å². The minimum absolute atomic E-state index is 0.526. The fourth-order valence-corrected chi connectivity index (χ4v) is 2.25. The average molecular weight is 285 g/mol. The second kappa shape index (κ2) is 4.98. The number of aromatic nitrogens is 3. The summed E-state index contributed by atoms with van der Waals surface area (Å²) in [6.45, 7) is 2.00. The number of rotatable bonds is 2. The molecule has 0 atom stereocenters. The van der Waals surface area contributed by atoms with Crippen molar-refractivity contribution in [1.29, 1.82) is 0 Å². The fourth-order valence-electron chi connectivity index (χ4n) is 2.02. The number of nitrogens with two attached hydrogens (primary N) is 1. The van der Waals surface area contributed by atoms with Crippen molar-refractivity contribution >= 4 is 17.4 Å². The SMILES string of the molecule is Cc1ccnc(-n2nc(-c3ccccc3Cl)cc2N)c1.